The largest absolute Gasteiger partial charge is 0.385 e. The second-order valence-corrected chi connectivity index (χ2v) is 6.04. The molecule has 1 rings (SSSR count). The van der Waals surface area contributed by atoms with Crippen molar-refractivity contribution in [2.45, 2.75) is 24.2 Å². The molecule has 0 N–H and O–H groups in total. The SMILES string of the molecule is COCCCCCS(=O)c1ccc(Br)cc1. The Hall–Kier alpha value is -0.190. The number of hydrogen-bond acceptors (Lipinski definition) is 2. The van der Waals surface area contributed by atoms with Crippen molar-refractivity contribution in [3.8, 4) is 0 Å². The Morgan fingerprint density at radius 2 is 1.88 bits per heavy atom. The fraction of sp³-hybridized carbons (Fsp3) is 0.500. The second kappa shape index (κ2) is 7.98. The lowest BCUT2D eigenvalue weighted by Gasteiger charge is -2.02. The van der Waals surface area contributed by atoms with Crippen molar-refractivity contribution in [2.75, 3.05) is 19.5 Å². The van der Waals surface area contributed by atoms with Gasteiger partial charge in [-0.25, -0.2) is 0 Å². The van der Waals surface area contributed by atoms with Gasteiger partial charge in [0, 0.05) is 28.8 Å². The predicted octanol–water partition coefficient (Wildman–Crippen LogP) is 3.37. The van der Waals surface area contributed by atoms with Gasteiger partial charge >= 0.3 is 0 Å². The summed E-state index contributed by atoms with van der Waals surface area (Å²) < 4.78 is 17.8. The fourth-order valence-electron chi connectivity index (χ4n) is 1.36. The third-order valence-corrected chi connectivity index (χ3v) is 4.24. The molecule has 0 radical (unpaired) electrons. The van der Waals surface area contributed by atoms with E-state index in [1.165, 1.54) is 0 Å². The Labute approximate surface area is 108 Å². The number of rotatable bonds is 7. The standard InChI is InChI=1S/C12H17BrO2S/c1-15-9-3-2-4-10-16(14)12-7-5-11(13)6-8-12/h5-8H,2-4,9-10H2,1H3. The molecule has 0 aromatic heterocycles. The van der Waals surface area contributed by atoms with E-state index in [0.717, 1.165) is 41.0 Å². The molecule has 0 saturated carbocycles. The molecule has 0 spiro atoms. The molecular formula is C12H17BrO2S. The molecule has 1 unspecified atom stereocenters. The van der Waals surface area contributed by atoms with E-state index in [4.69, 9.17) is 4.74 Å². The first kappa shape index (κ1) is 13.9. The molecule has 0 aliphatic carbocycles. The van der Waals surface area contributed by atoms with Crippen molar-refractivity contribution in [2.24, 2.45) is 0 Å². The maximum atomic E-state index is 11.9. The Bertz CT molecular complexity index is 324. The second-order valence-electron chi connectivity index (χ2n) is 3.56. The van der Waals surface area contributed by atoms with Crippen molar-refractivity contribution in [3.63, 3.8) is 0 Å². The van der Waals surface area contributed by atoms with Crippen LogP contribution in [0.3, 0.4) is 0 Å². The van der Waals surface area contributed by atoms with Gasteiger partial charge in [0.25, 0.3) is 0 Å². The fourth-order valence-corrected chi connectivity index (χ4v) is 2.77. The van der Waals surface area contributed by atoms with Crippen molar-refractivity contribution >= 4 is 26.7 Å². The molecular weight excluding hydrogens is 288 g/mol. The molecule has 1 atom stereocenters. The number of hydrogen-bond donors (Lipinski definition) is 0. The molecule has 0 heterocycles. The number of halogens is 1. The van der Waals surface area contributed by atoms with Crippen LogP contribution in [0.15, 0.2) is 33.6 Å². The van der Waals surface area contributed by atoms with E-state index < -0.39 is 10.8 Å². The minimum atomic E-state index is -0.859. The zero-order chi connectivity index (χ0) is 11.8. The highest BCUT2D eigenvalue weighted by Gasteiger charge is 2.02. The Kier molecular flexibility index (Phi) is 6.92. The highest BCUT2D eigenvalue weighted by atomic mass is 79.9. The third-order valence-electron chi connectivity index (χ3n) is 2.25. The highest BCUT2D eigenvalue weighted by molar-refractivity contribution is 9.10. The van der Waals surface area contributed by atoms with Crippen LogP contribution in [0.1, 0.15) is 19.3 Å². The van der Waals surface area contributed by atoms with Gasteiger partial charge in [0.15, 0.2) is 0 Å². The average Bonchev–Trinajstić information content (AvgIpc) is 2.29. The van der Waals surface area contributed by atoms with Crippen molar-refractivity contribution in [1.29, 1.82) is 0 Å². The van der Waals surface area contributed by atoms with Crippen molar-refractivity contribution in [1.82, 2.24) is 0 Å². The summed E-state index contributed by atoms with van der Waals surface area (Å²) in [5.41, 5.74) is 0. The quantitative estimate of drug-likeness (QED) is 0.722. The van der Waals surface area contributed by atoms with Gasteiger partial charge in [-0.3, -0.25) is 4.21 Å². The van der Waals surface area contributed by atoms with Gasteiger partial charge in [0.2, 0.25) is 0 Å². The highest BCUT2D eigenvalue weighted by Crippen LogP contribution is 2.14. The molecule has 0 saturated heterocycles. The molecule has 0 aliphatic heterocycles. The number of methoxy groups -OCH3 is 1. The van der Waals surface area contributed by atoms with Crippen LogP contribution in [-0.4, -0.2) is 23.7 Å². The Balaban J connectivity index is 2.27. The van der Waals surface area contributed by atoms with E-state index in [-0.39, 0.29) is 0 Å². The molecule has 0 bridgehead atoms. The lowest BCUT2D eigenvalue weighted by atomic mass is 10.3. The molecule has 1 aromatic rings. The molecule has 1 aromatic carbocycles. The van der Waals surface area contributed by atoms with E-state index in [1.54, 1.807) is 7.11 Å². The molecule has 2 nitrogen and oxygen atoms in total. The van der Waals surface area contributed by atoms with Crippen LogP contribution >= 0.6 is 15.9 Å². The van der Waals surface area contributed by atoms with Crippen molar-refractivity contribution in [3.05, 3.63) is 28.7 Å². The van der Waals surface area contributed by atoms with Gasteiger partial charge < -0.3 is 4.74 Å². The summed E-state index contributed by atoms with van der Waals surface area (Å²) in [4.78, 5) is 0.912. The average molecular weight is 305 g/mol. The summed E-state index contributed by atoms with van der Waals surface area (Å²) in [6.07, 6.45) is 3.12. The zero-order valence-electron chi connectivity index (χ0n) is 9.45. The van der Waals surface area contributed by atoms with Crippen LogP contribution in [0.4, 0.5) is 0 Å². The summed E-state index contributed by atoms with van der Waals surface area (Å²) in [5.74, 6) is 0.741. The molecule has 4 heteroatoms. The van der Waals surface area contributed by atoms with Gasteiger partial charge in [-0.05, 0) is 37.1 Å². The smallest absolute Gasteiger partial charge is 0.0529 e. The van der Waals surface area contributed by atoms with Gasteiger partial charge in [-0.2, -0.15) is 0 Å². The molecule has 16 heavy (non-hydrogen) atoms. The Morgan fingerprint density at radius 1 is 1.19 bits per heavy atom. The van der Waals surface area contributed by atoms with Crippen LogP contribution in [0.2, 0.25) is 0 Å². The molecule has 0 fully saturated rings. The topological polar surface area (TPSA) is 26.3 Å². The van der Waals surface area contributed by atoms with E-state index in [2.05, 4.69) is 15.9 Å². The van der Waals surface area contributed by atoms with Gasteiger partial charge in [-0.15, -0.1) is 0 Å². The normalized spacial score (nSPS) is 12.6. The Morgan fingerprint density at radius 3 is 2.50 bits per heavy atom. The summed E-state index contributed by atoms with van der Waals surface area (Å²) in [5, 5.41) is 0. The monoisotopic (exact) mass is 304 g/mol. The number of ether oxygens (including phenoxy) is 1. The van der Waals surface area contributed by atoms with Gasteiger partial charge in [-0.1, -0.05) is 22.4 Å². The summed E-state index contributed by atoms with van der Waals surface area (Å²) in [6.45, 7) is 0.797. The van der Waals surface area contributed by atoms with E-state index in [0.29, 0.717) is 0 Å². The molecule has 90 valence electrons. The predicted molar refractivity (Wildman–Crippen MR) is 71.1 cm³/mol. The van der Waals surface area contributed by atoms with E-state index >= 15 is 0 Å². The van der Waals surface area contributed by atoms with Crippen LogP contribution in [0.25, 0.3) is 0 Å². The maximum Gasteiger partial charge on any atom is 0.0529 e. The molecule has 0 amide bonds. The third kappa shape index (κ3) is 5.23. The lowest BCUT2D eigenvalue weighted by molar-refractivity contribution is 0.192. The first-order valence-corrected chi connectivity index (χ1v) is 7.48. The van der Waals surface area contributed by atoms with Crippen molar-refractivity contribution < 1.29 is 8.95 Å². The number of unbranched alkanes of at least 4 members (excludes halogenated alkanes) is 2. The van der Waals surface area contributed by atoms with E-state index in [1.807, 2.05) is 24.3 Å². The first-order chi connectivity index (χ1) is 7.74. The van der Waals surface area contributed by atoms with Crippen LogP contribution in [0.5, 0.6) is 0 Å². The van der Waals surface area contributed by atoms with E-state index in [9.17, 15) is 4.21 Å². The van der Waals surface area contributed by atoms with Crippen LogP contribution < -0.4 is 0 Å². The summed E-state index contributed by atoms with van der Waals surface area (Å²) in [7, 11) is 0.850. The summed E-state index contributed by atoms with van der Waals surface area (Å²) >= 11 is 3.36. The minimum Gasteiger partial charge on any atom is -0.385 e. The van der Waals surface area contributed by atoms with Crippen LogP contribution in [-0.2, 0) is 15.5 Å². The van der Waals surface area contributed by atoms with Gasteiger partial charge in [0.1, 0.15) is 0 Å². The van der Waals surface area contributed by atoms with Gasteiger partial charge in [0.05, 0.1) is 10.8 Å². The maximum absolute atomic E-state index is 11.9. The van der Waals surface area contributed by atoms with Crippen LogP contribution in [0, 0.1) is 0 Å². The minimum absolute atomic E-state index is 0.741. The summed E-state index contributed by atoms with van der Waals surface area (Å²) in [6, 6.07) is 7.68. The lowest BCUT2D eigenvalue weighted by Crippen LogP contribution is -1.99. The number of benzene rings is 1. The molecule has 0 aliphatic rings. The first-order valence-electron chi connectivity index (χ1n) is 5.37. The zero-order valence-corrected chi connectivity index (χ0v) is 11.9.